The van der Waals surface area contributed by atoms with E-state index >= 15 is 0 Å². The third-order valence-electron chi connectivity index (χ3n) is 3.75. The molecule has 3 aromatic rings. The number of benzene rings is 2. The SMILES string of the molecule is COc1cc2c(Nc3ccc(Cl)cc3C(F)(F)F)cc(C#N)nc2cc1F. The number of aromatic nitrogens is 1. The van der Waals surface area contributed by atoms with E-state index in [4.69, 9.17) is 21.6 Å². The van der Waals surface area contributed by atoms with Gasteiger partial charge in [0.2, 0.25) is 0 Å². The van der Waals surface area contributed by atoms with Gasteiger partial charge in [0, 0.05) is 16.5 Å². The molecule has 0 aliphatic carbocycles. The van der Waals surface area contributed by atoms with Crippen molar-refractivity contribution in [3.8, 4) is 11.8 Å². The minimum Gasteiger partial charge on any atom is -0.494 e. The molecule has 1 N–H and O–H groups in total. The molecule has 27 heavy (non-hydrogen) atoms. The van der Waals surface area contributed by atoms with Crippen molar-refractivity contribution < 1.29 is 22.3 Å². The number of anilines is 2. The Bertz CT molecular complexity index is 1080. The predicted octanol–water partition coefficient (Wildman–Crippen LogP) is 5.67. The summed E-state index contributed by atoms with van der Waals surface area (Å²) in [6, 6.07) is 8.68. The molecule has 0 aliphatic heterocycles. The first kappa shape index (κ1) is 18.7. The highest BCUT2D eigenvalue weighted by atomic mass is 35.5. The van der Waals surface area contributed by atoms with Gasteiger partial charge in [0.1, 0.15) is 11.8 Å². The second-order valence-electron chi connectivity index (χ2n) is 5.48. The average molecular weight is 396 g/mol. The molecule has 0 amide bonds. The fraction of sp³-hybridized carbons (Fsp3) is 0.111. The molecule has 138 valence electrons. The molecule has 0 fully saturated rings. The normalized spacial score (nSPS) is 11.3. The Morgan fingerprint density at radius 3 is 2.52 bits per heavy atom. The zero-order chi connectivity index (χ0) is 19.8. The van der Waals surface area contributed by atoms with Crippen molar-refractivity contribution >= 4 is 33.9 Å². The van der Waals surface area contributed by atoms with Crippen LogP contribution in [0.3, 0.4) is 0 Å². The van der Waals surface area contributed by atoms with Gasteiger partial charge in [-0.25, -0.2) is 9.37 Å². The summed E-state index contributed by atoms with van der Waals surface area (Å²) in [6.07, 6.45) is -4.65. The number of hydrogen-bond donors (Lipinski definition) is 1. The topological polar surface area (TPSA) is 57.9 Å². The number of fused-ring (bicyclic) bond motifs is 1. The zero-order valence-electron chi connectivity index (χ0n) is 13.7. The Labute approximate surface area is 156 Å². The Balaban J connectivity index is 2.22. The molecule has 2 aromatic carbocycles. The van der Waals surface area contributed by atoms with Crippen molar-refractivity contribution in [1.82, 2.24) is 4.98 Å². The highest BCUT2D eigenvalue weighted by Crippen LogP contribution is 2.39. The van der Waals surface area contributed by atoms with Crippen LogP contribution in [0.2, 0.25) is 5.02 Å². The molecular formula is C18H10ClF4N3O. The fourth-order valence-electron chi connectivity index (χ4n) is 2.55. The van der Waals surface area contributed by atoms with Gasteiger partial charge in [-0.3, -0.25) is 0 Å². The molecule has 0 radical (unpaired) electrons. The summed E-state index contributed by atoms with van der Waals surface area (Å²) in [6.45, 7) is 0. The Morgan fingerprint density at radius 2 is 1.89 bits per heavy atom. The number of alkyl halides is 3. The molecule has 0 unspecified atom stereocenters. The summed E-state index contributed by atoms with van der Waals surface area (Å²) in [7, 11) is 1.26. The molecule has 0 aliphatic rings. The summed E-state index contributed by atoms with van der Waals surface area (Å²) in [5.74, 6) is -0.815. The van der Waals surface area contributed by atoms with Crippen LogP contribution in [0.5, 0.6) is 5.75 Å². The van der Waals surface area contributed by atoms with Gasteiger partial charge >= 0.3 is 6.18 Å². The molecular weight excluding hydrogens is 386 g/mol. The van der Waals surface area contributed by atoms with E-state index in [1.807, 2.05) is 0 Å². The van der Waals surface area contributed by atoms with E-state index in [1.54, 1.807) is 6.07 Å². The number of rotatable bonds is 3. The van der Waals surface area contributed by atoms with Crippen molar-refractivity contribution in [1.29, 1.82) is 5.26 Å². The van der Waals surface area contributed by atoms with Crippen molar-refractivity contribution in [2.75, 3.05) is 12.4 Å². The Kier molecular flexibility index (Phi) is 4.81. The van der Waals surface area contributed by atoms with E-state index < -0.39 is 17.6 Å². The number of pyridine rings is 1. The minimum absolute atomic E-state index is 0.0751. The van der Waals surface area contributed by atoms with Crippen LogP contribution in [0, 0.1) is 17.1 Å². The molecule has 3 rings (SSSR count). The molecule has 9 heteroatoms. The van der Waals surface area contributed by atoms with Gasteiger partial charge in [0.25, 0.3) is 0 Å². The highest BCUT2D eigenvalue weighted by Gasteiger charge is 2.34. The predicted molar refractivity (Wildman–Crippen MR) is 92.7 cm³/mol. The fourth-order valence-corrected chi connectivity index (χ4v) is 2.72. The first-order valence-corrected chi connectivity index (χ1v) is 7.83. The minimum atomic E-state index is -4.65. The maximum absolute atomic E-state index is 13.9. The van der Waals surface area contributed by atoms with Crippen molar-refractivity contribution in [3.05, 3.63) is 58.5 Å². The largest absolute Gasteiger partial charge is 0.494 e. The van der Waals surface area contributed by atoms with E-state index in [2.05, 4.69) is 10.3 Å². The third kappa shape index (κ3) is 3.73. The monoisotopic (exact) mass is 395 g/mol. The molecule has 0 bridgehead atoms. The maximum Gasteiger partial charge on any atom is 0.418 e. The van der Waals surface area contributed by atoms with Crippen molar-refractivity contribution in [2.45, 2.75) is 6.18 Å². The Morgan fingerprint density at radius 1 is 1.15 bits per heavy atom. The van der Waals surface area contributed by atoms with E-state index in [1.165, 1.54) is 31.4 Å². The standard InChI is InChI=1S/C18H10ClF4N3O/c1-27-17-6-11-15(5-10(8-24)25-16(11)7-13(17)20)26-14-3-2-9(19)4-12(14)18(21,22)23/h2-7H,1H3,(H,25,26). The van der Waals surface area contributed by atoms with Crippen LogP contribution in [0.15, 0.2) is 36.4 Å². The number of nitriles is 1. The van der Waals surface area contributed by atoms with Crippen LogP contribution in [-0.4, -0.2) is 12.1 Å². The van der Waals surface area contributed by atoms with Gasteiger partial charge in [-0.05, 0) is 30.3 Å². The first-order chi connectivity index (χ1) is 12.7. The van der Waals surface area contributed by atoms with Gasteiger partial charge in [-0.15, -0.1) is 0 Å². The smallest absolute Gasteiger partial charge is 0.418 e. The third-order valence-corrected chi connectivity index (χ3v) is 3.99. The van der Waals surface area contributed by atoms with E-state index in [9.17, 15) is 17.6 Å². The van der Waals surface area contributed by atoms with Crippen LogP contribution in [0.4, 0.5) is 28.9 Å². The lowest BCUT2D eigenvalue weighted by atomic mass is 10.1. The molecule has 4 nitrogen and oxygen atoms in total. The van der Waals surface area contributed by atoms with Crippen LogP contribution < -0.4 is 10.1 Å². The molecule has 0 saturated carbocycles. The lowest BCUT2D eigenvalue weighted by Gasteiger charge is -2.17. The number of methoxy groups -OCH3 is 1. The lowest BCUT2D eigenvalue weighted by Crippen LogP contribution is -2.09. The summed E-state index contributed by atoms with van der Waals surface area (Å²) in [5.41, 5.74) is -1.10. The molecule has 0 saturated heterocycles. The van der Waals surface area contributed by atoms with Gasteiger partial charge in [0.15, 0.2) is 11.6 Å². The van der Waals surface area contributed by atoms with E-state index in [-0.39, 0.29) is 38.7 Å². The summed E-state index contributed by atoms with van der Waals surface area (Å²) in [5, 5.41) is 12.0. The molecule has 1 heterocycles. The van der Waals surface area contributed by atoms with E-state index in [0.29, 0.717) is 0 Å². The van der Waals surface area contributed by atoms with Gasteiger partial charge in [0.05, 0.1) is 29.6 Å². The van der Waals surface area contributed by atoms with Crippen LogP contribution in [-0.2, 0) is 6.18 Å². The van der Waals surface area contributed by atoms with Crippen LogP contribution in [0.1, 0.15) is 11.3 Å². The summed E-state index contributed by atoms with van der Waals surface area (Å²) in [4.78, 5) is 3.98. The van der Waals surface area contributed by atoms with Crippen molar-refractivity contribution in [3.63, 3.8) is 0 Å². The number of nitrogens with one attached hydrogen (secondary N) is 1. The van der Waals surface area contributed by atoms with Gasteiger partial charge in [-0.1, -0.05) is 11.6 Å². The zero-order valence-corrected chi connectivity index (χ0v) is 14.4. The lowest BCUT2D eigenvalue weighted by molar-refractivity contribution is -0.136. The second kappa shape index (κ2) is 6.93. The highest BCUT2D eigenvalue weighted by molar-refractivity contribution is 6.30. The number of hydrogen-bond acceptors (Lipinski definition) is 4. The number of halogens is 5. The first-order valence-electron chi connectivity index (χ1n) is 7.45. The summed E-state index contributed by atoms with van der Waals surface area (Å²) >= 11 is 5.69. The number of nitrogens with zero attached hydrogens (tertiary/aromatic N) is 2. The number of ether oxygens (including phenoxy) is 1. The average Bonchev–Trinajstić information content (AvgIpc) is 2.61. The Hall–Kier alpha value is -3.05. The summed E-state index contributed by atoms with van der Waals surface area (Å²) < 4.78 is 58.9. The maximum atomic E-state index is 13.9. The molecule has 1 aromatic heterocycles. The quantitative estimate of drug-likeness (QED) is 0.580. The van der Waals surface area contributed by atoms with Gasteiger partial charge < -0.3 is 10.1 Å². The van der Waals surface area contributed by atoms with Crippen molar-refractivity contribution in [2.24, 2.45) is 0 Å². The van der Waals surface area contributed by atoms with Crippen LogP contribution >= 0.6 is 11.6 Å². The molecule has 0 atom stereocenters. The molecule has 0 spiro atoms. The van der Waals surface area contributed by atoms with E-state index in [0.717, 1.165) is 12.1 Å². The second-order valence-corrected chi connectivity index (χ2v) is 5.92. The van der Waals surface area contributed by atoms with Crippen LogP contribution in [0.25, 0.3) is 10.9 Å². The van der Waals surface area contributed by atoms with Gasteiger partial charge in [-0.2, -0.15) is 18.4 Å².